The molecule has 1 fully saturated rings. The van der Waals surface area contributed by atoms with Gasteiger partial charge in [0.2, 0.25) is 10.0 Å². The van der Waals surface area contributed by atoms with Crippen LogP contribution in [0.1, 0.15) is 35.0 Å². The summed E-state index contributed by atoms with van der Waals surface area (Å²) in [6, 6.07) is 11.7. The average Bonchev–Trinajstić information content (AvgIpc) is 3.33. The molecule has 2 aromatic carbocycles. The van der Waals surface area contributed by atoms with Crippen LogP contribution in [-0.2, 0) is 10.0 Å². The van der Waals surface area contributed by atoms with Crippen LogP contribution >= 0.6 is 0 Å². The molecule has 26 heavy (non-hydrogen) atoms. The van der Waals surface area contributed by atoms with Crippen molar-refractivity contribution >= 4 is 38.4 Å². The van der Waals surface area contributed by atoms with Gasteiger partial charge in [0.15, 0.2) is 11.5 Å². The highest BCUT2D eigenvalue weighted by Crippen LogP contribution is 2.40. The van der Waals surface area contributed by atoms with E-state index in [1.807, 2.05) is 0 Å². The first-order chi connectivity index (χ1) is 12.4. The zero-order valence-electron chi connectivity index (χ0n) is 14.0. The lowest BCUT2D eigenvalue weighted by atomic mass is 10.1. The van der Waals surface area contributed by atoms with Crippen molar-refractivity contribution in [2.45, 2.75) is 18.8 Å². The van der Waals surface area contributed by atoms with Crippen molar-refractivity contribution in [1.82, 2.24) is 4.98 Å². The Hall–Kier alpha value is -2.87. The molecule has 0 atom stereocenters. The van der Waals surface area contributed by atoms with Crippen LogP contribution in [-0.4, -0.2) is 25.6 Å². The van der Waals surface area contributed by atoms with E-state index in [4.69, 9.17) is 4.42 Å². The van der Waals surface area contributed by atoms with Crippen molar-refractivity contribution < 1.29 is 17.6 Å². The Morgan fingerprint density at radius 3 is 2.69 bits per heavy atom. The molecular formula is C18H17N3O4S. The van der Waals surface area contributed by atoms with Crippen LogP contribution in [0.25, 0.3) is 11.1 Å². The van der Waals surface area contributed by atoms with Crippen LogP contribution in [0.2, 0.25) is 0 Å². The minimum atomic E-state index is -3.49. The minimum absolute atomic E-state index is 0.228. The SMILES string of the molecule is CS(=O)(=O)Nc1ccccc1C(=O)Nc1ccc2oc(C3CC3)nc2c1. The molecule has 134 valence electrons. The van der Waals surface area contributed by atoms with Crippen molar-refractivity contribution in [3.63, 3.8) is 0 Å². The number of aromatic nitrogens is 1. The summed E-state index contributed by atoms with van der Waals surface area (Å²) < 4.78 is 31.0. The minimum Gasteiger partial charge on any atom is -0.440 e. The van der Waals surface area contributed by atoms with Crippen LogP contribution in [0.15, 0.2) is 46.9 Å². The summed E-state index contributed by atoms with van der Waals surface area (Å²) in [5.41, 5.74) is 2.39. The molecule has 0 unspecified atom stereocenters. The maximum atomic E-state index is 12.6. The van der Waals surface area contributed by atoms with Crippen LogP contribution in [0.3, 0.4) is 0 Å². The Balaban J connectivity index is 1.59. The molecule has 0 aliphatic heterocycles. The molecule has 0 spiro atoms. The highest BCUT2D eigenvalue weighted by atomic mass is 32.2. The lowest BCUT2D eigenvalue weighted by Crippen LogP contribution is -2.17. The van der Waals surface area contributed by atoms with Gasteiger partial charge in [0.25, 0.3) is 5.91 Å². The summed E-state index contributed by atoms with van der Waals surface area (Å²) in [6.07, 6.45) is 3.23. The standard InChI is InChI=1S/C18H17N3O4S/c1-26(23,24)21-14-5-3-2-4-13(14)17(22)19-12-8-9-16-15(10-12)20-18(25-16)11-6-7-11/h2-5,8-11,21H,6-7H2,1H3,(H,19,22). The first-order valence-corrected chi connectivity index (χ1v) is 10.1. The number of amides is 1. The molecule has 8 heteroatoms. The van der Waals surface area contributed by atoms with Crippen molar-refractivity contribution in [1.29, 1.82) is 0 Å². The fourth-order valence-corrected chi connectivity index (χ4v) is 3.27. The van der Waals surface area contributed by atoms with Gasteiger partial charge in [0.05, 0.1) is 17.5 Å². The molecule has 1 saturated carbocycles. The second kappa shape index (κ2) is 6.14. The van der Waals surface area contributed by atoms with Gasteiger partial charge < -0.3 is 9.73 Å². The van der Waals surface area contributed by atoms with Crippen LogP contribution in [0, 0.1) is 0 Å². The number of hydrogen-bond donors (Lipinski definition) is 2. The van der Waals surface area contributed by atoms with E-state index >= 15 is 0 Å². The average molecular weight is 371 g/mol. The van der Waals surface area contributed by atoms with E-state index in [1.165, 1.54) is 0 Å². The van der Waals surface area contributed by atoms with Gasteiger partial charge in [-0.3, -0.25) is 9.52 Å². The quantitative estimate of drug-likeness (QED) is 0.716. The fourth-order valence-electron chi connectivity index (χ4n) is 2.70. The first kappa shape index (κ1) is 16.6. The van der Waals surface area contributed by atoms with Crippen molar-refractivity contribution in [3.05, 3.63) is 53.9 Å². The molecule has 1 aliphatic carbocycles. The molecule has 0 saturated heterocycles. The second-order valence-corrected chi connectivity index (χ2v) is 8.13. The van der Waals surface area contributed by atoms with Crippen LogP contribution < -0.4 is 10.0 Å². The normalized spacial score (nSPS) is 14.3. The molecule has 0 bridgehead atoms. The van der Waals surface area contributed by atoms with E-state index in [2.05, 4.69) is 15.0 Å². The number of hydrogen-bond acceptors (Lipinski definition) is 5. The van der Waals surface area contributed by atoms with Crippen LogP contribution in [0.5, 0.6) is 0 Å². The summed E-state index contributed by atoms with van der Waals surface area (Å²) >= 11 is 0. The predicted molar refractivity (Wildman–Crippen MR) is 98.8 cm³/mol. The van der Waals surface area contributed by atoms with Gasteiger partial charge in [0, 0.05) is 11.6 Å². The number of nitrogens with one attached hydrogen (secondary N) is 2. The lowest BCUT2D eigenvalue weighted by Gasteiger charge is -2.11. The van der Waals surface area contributed by atoms with Gasteiger partial charge in [-0.25, -0.2) is 13.4 Å². The Morgan fingerprint density at radius 2 is 1.96 bits per heavy atom. The maximum absolute atomic E-state index is 12.6. The molecule has 2 N–H and O–H groups in total. The molecule has 1 amide bonds. The Morgan fingerprint density at radius 1 is 1.19 bits per heavy atom. The highest BCUT2D eigenvalue weighted by Gasteiger charge is 2.28. The topological polar surface area (TPSA) is 101 Å². The lowest BCUT2D eigenvalue weighted by molar-refractivity contribution is 0.102. The molecular weight excluding hydrogens is 354 g/mol. The number of carbonyl (C=O) groups excluding carboxylic acids is 1. The monoisotopic (exact) mass is 371 g/mol. The van der Waals surface area contributed by atoms with E-state index in [1.54, 1.807) is 42.5 Å². The van der Waals surface area contributed by atoms with Gasteiger partial charge >= 0.3 is 0 Å². The summed E-state index contributed by atoms with van der Waals surface area (Å²) in [5.74, 6) is 0.738. The van der Waals surface area contributed by atoms with Crippen molar-refractivity contribution in [2.75, 3.05) is 16.3 Å². The first-order valence-electron chi connectivity index (χ1n) is 8.18. The summed E-state index contributed by atoms with van der Waals surface area (Å²) in [5, 5.41) is 2.78. The number of rotatable bonds is 5. The van der Waals surface area contributed by atoms with E-state index in [9.17, 15) is 13.2 Å². The number of oxazole rings is 1. The van der Waals surface area contributed by atoms with Crippen LogP contribution in [0.4, 0.5) is 11.4 Å². The molecule has 1 aromatic heterocycles. The zero-order valence-corrected chi connectivity index (χ0v) is 14.8. The third-order valence-corrected chi connectivity index (χ3v) is 4.65. The predicted octanol–water partition coefficient (Wildman–Crippen LogP) is 3.33. The second-order valence-electron chi connectivity index (χ2n) is 6.38. The van der Waals surface area contributed by atoms with E-state index in [0.717, 1.165) is 25.0 Å². The number of anilines is 2. The Kier molecular flexibility index (Phi) is 3.91. The number of benzene rings is 2. The molecule has 0 radical (unpaired) electrons. The maximum Gasteiger partial charge on any atom is 0.257 e. The third-order valence-electron chi connectivity index (χ3n) is 4.06. The number of para-hydroxylation sites is 1. The molecule has 1 heterocycles. The van der Waals surface area contributed by atoms with Gasteiger partial charge in [-0.05, 0) is 43.2 Å². The van der Waals surface area contributed by atoms with Gasteiger partial charge in [0.1, 0.15) is 5.52 Å². The number of carbonyl (C=O) groups is 1. The molecule has 1 aliphatic rings. The number of nitrogens with zero attached hydrogens (tertiary/aromatic N) is 1. The van der Waals surface area contributed by atoms with E-state index in [0.29, 0.717) is 22.7 Å². The smallest absolute Gasteiger partial charge is 0.257 e. The van der Waals surface area contributed by atoms with E-state index in [-0.39, 0.29) is 11.3 Å². The largest absolute Gasteiger partial charge is 0.440 e. The fraction of sp³-hybridized carbons (Fsp3) is 0.222. The summed E-state index contributed by atoms with van der Waals surface area (Å²) in [6.45, 7) is 0. The van der Waals surface area contributed by atoms with Gasteiger partial charge in [-0.1, -0.05) is 12.1 Å². The number of fused-ring (bicyclic) bond motifs is 1. The zero-order chi connectivity index (χ0) is 18.3. The van der Waals surface area contributed by atoms with Gasteiger partial charge in [-0.2, -0.15) is 0 Å². The molecule has 4 rings (SSSR count). The molecule has 3 aromatic rings. The Bertz CT molecular complexity index is 1100. The van der Waals surface area contributed by atoms with E-state index < -0.39 is 15.9 Å². The molecule has 7 nitrogen and oxygen atoms in total. The number of sulfonamides is 1. The van der Waals surface area contributed by atoms with Crippen molar-refractivity contribution in [3.8, 4) is 0 Å². The van der Waals surface area contributed by atoms with Gasteiger partial charge in [-0.15, -0.1) is 0 Å². The Labute approximate surface area is 150 Å². The highest BCUT2D eigenvalue weighted by molar-refractivity contribution is 7.92. The van der Waals surface area contributed by atoms with Crippen molar-refractivity contribution in [2.24, 2.45) is 0 Å². The summed E-state index contributed by atoms with van der Waals surface area (Å²) in [4.78, 5) is 17.1. The summed E-state index contributed by atoms with van der Waals surface area (Å²) in [7, 11) is -3.49. The third kappa shape index (κ3) is 3.55.